The van der Waals surface area contributed by atoms with Crippen LogP contribution in [0.5, 0.6) is 0 Å². The van der Waals surface area contributed by atoms with Gasteiger partial charge in [0.2, 0.25) is 5.78 Å². The first-order chi connectivity index (χ1) is 14.3. The summed E-state index contributed by atoms with van der Waals surface area (Å²) in [6.45, 7) is 4.46. The third-order valence-electron chi connectivity index (χ3n) is 5.10. The predicted octanol–water partition coefficient (Wildman–Crippen LogP) is 3.89. The zero-order valence-corrected chi connectivity index (χ0v) is 16.5. The molecule has 1 saturated heterocycles. The van der Waals surface area contributed by atoms with E-state index in [1.807, 2.05) is 37.3 Å². The Hall–Kier alpha value is -3.31. The average Bonchev–Trinajstić information content (AvgIpc) is 2.80. The van der Waals surface area contributed by atoms with Crippen LogP contribution in [0.4, 0.5) is 5.82 Å². The fourth-order valence-electron chi connectivity index (χ4n) is 3.63. The Morgan fingerprint density at radius 2 is 2.00 bits per heavy atom. The number of ketones is 1. The van der Waals surface area contributed by atoms with E-state index >= 15 is 0 Å². The maximum absolute atomic E-state index is 13.1. The van der Waals surface area contributed by atoms with Crippen LogP contribution in [0.25, 0.3) is 6.08 Å². The number of benzene rings is 1. The first kappa shape index (κ1) is 19.0. The molecule has 0 radical (unpaired) electrons. The number of nitrogens with one attached hydrogen (secondary N) is 1. The molecule has 0 aliphatic carbocycles. The van der Waals surface area contributed by atoms with E-state index in [0.29, 0.717) is 11.3 Å². The molecule has 3 aromatic rings. The van der Waals surface area contributed by atoms with Gasteiger partial charge in [-0.15, -0.1) is 0 Å². The summed E-state index contributed by atoms with van der Waals surface area (Å²) in [7, 11) is 0. The minimum atomic E-state index is -0.109. The van der Waals surface area contributed by atoms with Gasteiger partial charge in [0, 0.05) is 49.2 Å². The molecule has 1 aliphatic heterocycles. The van der Waals surface area contributed by atoms with Gasteiger partial charge < -0.3 is 10.2 Å². The van der Waals surface area contributed by atoms with E-state index in [9.17, 15) is 4.79 Å². The molecule has 5 heteroatoms. The highest BCUT2D eigenvalue weighted by atomic mass is 16.1. The lowest BCUT2D eigenvalue weighted by Crippen LogP contribution is -2.46. The molecule has 2 aromatic heterocycles. The van der Waals surface area contributed by atoms with Gasteiger partial charge in [0.25, 0.3) is 0 Å². The van der Waals surface area contributed by atoms with Gasteiger partial charge in [0.1, 0.15) is 11.5 Å². The van der Waals surface area contributed by atoms with E-state index < -0.39 is 0 Å². The summed E-state index contributed by atoms with van der Waals surface area (Å²) in [6, 6.07) is 18.2. The lowest BCUT2D eigenvalue weighted by molar-refractivity contribution is 0.103. The van der Waals surface area contributed by atoms with Crippen molar-refractivity contribution in [1.29, 1.82) is 0 Å². The Morgan fingerprint density at radius 3 is 2.76 bits per heavy atom. The van der Waals surface area contributed by atoms with Crippen LogP contribution in [0.15, 0.2) is 73.1 Å². The number of carbonyl (C=O) groups excluding carboxylic acids is 1. The van der Waals surface area contributed by atoms with Gasteiger partial charge in [-0.1, -0.05) is 42.5 Å². The predicted molar refractivity (Wildman–Crippen MR) is 116 cm³/mol. The number of hydrogen-bond acceptors (Lipinski definition) is 5. The SMILES string of the molecule is CC=Cc1ccc(N2CCNC(c3ccccc3)C2)nc1C(=O)c1cccnc1. The van der Waals surface area contributed by atoms with Gasteiger partial charge in [0.15, 0.2) is 0 Å². The number of aromatic nitrogens is 2. The third-order valence-corrected chi connectivity index (χ3v) is 5.10. The molecule has 146 valence electrons. The number of allylic oxidation sites excluding steroid dienone is 1. The Bertz CT molecular complexity index is 1000. The third kappa shape index (κ3) is 4.25. The molecule has 1 aliphatic rings. The number of hydrogen-bond donors (Lipinski definition) is 1. The summed E-state index contributed by atoms with van der Waals surface area (Å²) < 4.78 is 0. The number of carbonyl (C=O) groups is 1. The van der Waals surface area contributed by atoms with E-state index in [2.05, 4.69) is 39.5 Å². The van der Waals surface area contributed by atoms with Gasteiger partial charge in [-0.2, -0.15) is 0 Å². The van der Waals surface area contributed by atoms with Crippen LogP contribution < -0.4 is 10.2 Å². The van der Waals surface area contributed by atoms with Crippen LogP contribution in [0.1, 0.15) is 40.1 Å². The number of pyridine rings is 2. The highest BCUT2D eigenvalue weighted by Gasteiger charge is 2.23. The molecule has 0 bridgehead atoms. The van der Waals surface area contributed by atoms with Crippen LogP contribution >= 0.6 is 0 Å². The molecule has 0 saturated carbocycles. The first-order valence-corrected chi connectivity index (χ1v) is 9.88. The van der Waals surface area contributed by atoms with E-state index in [1.165, 1.54) is 5.56 Å². The van der Waals surface area contributed by atoms with Gasteiger partial charge >= 0.3 is 0 Å². The summed E-state index contributed by atoms with van der Waals surface area (Å²) in [5.74, 6) is 0.718. The number of anilines is 1. The molecular weight excluding hydrogens is 360 g/mol. The van der Waals surface area contributed by atoms with E-state index in [-0.39, 0.29) is 11.8 Å². The van der Waals surface area contributed by atoms with E-state index in [1.54, 1.807) is 24.5 Å². The quantitative estimate of drug-likeness (QED) is 0.677. The molecule has 1 atom stereocenters. The maximum Gasteiger partial charge on any atom is 0.213 e. The monoisotopic (exact) mass is 384 g/mol. The lowest BCUT2D eigenvalue weighted by Gasteiger charge is -2.35. The van der Waals surface area contributed by atoms with Crippen molar-refractivity contribution in [1.82, 2.24) is 15.3 Å². The smallest absolute Gasteiger partial charge is 0.213 e. The van der Waals surface area contributed by atoms with Crippen molar-refractivity contribution in [2.75, 3.05) is 24.5 Å². The second-order valence-electron chi connectivity index (χ2n) is 7.04. The lowest BCUT2D eigenvalue weighted by atomic mass is 10.0. The normalized spacial score (nSPS) is 16.9. The van der Waals surface area contributed by atoms with E-state index in [4.69, 9.17) is 4.98 Å². The van der Waals surface area contributed by atoms with Crippen LogP contribution in [0.2, 0.25) is 0 Å². The highest BCUT2D eigenvalue weighted by molar-refractivity contribution is 6.09. The molecule has 1 fully saturated rings. The summed E-state index contributed by atoms with van der Waals surface area (Å²) in [5.41, 5.74) is 3.09. The molecule has 5 nitrogen and oxygen atoms in total. The van der Waals surface area contributed by atoms with E-state index in [0.717, 1.165) is 31.0 Å². The molecular formula is C24H24N4O. The Labute approximate surface area is 171 Å². The summed E-state index contributed by atoms with van der Waals surface area (Å²) in [5, 5.41) is 3.57. The average molecular weight is 384 g/mol. The van der Waals surface area contributed by atoms with Crippen molar-refractivity contribution in [2.24, 2.45) is 0 Å². The molecule has 0 amide bonds. The molecule has 3 heterocycles. The summed E-state index contributed by atoms with van der Waals surface area (Å²) in [6.07, 6.45) is 7.10. The fraction of sp³-hybridized carbons (Fsp3) is 0.208. The van der Waals surface area contributed by atoms with Crippen LogP contribution in [-0.2, 0) is 0 Å². The van der Waals surface area contributed by atoms with Crippen molar-refractivity contribution in [3.8, 4) is 0 Å². The Kier molecular flexibility index (Phi) is 5.77. The topological polar surface area (TPSA) is 58.1 Å². The minimum Gasteiger partial charge on any atom is -0.353 e. The molecule has 1 N–H and O–H groups in total. The number of piperazine rings is 1. The maximum atomic E-state index is 13.1. The number of rotatable bonds is 5. The molecule has 0 spiro atoms. The van der Waals surface area contributed by atoms with Crippen molar-refractivity contribution in [3.63, 3.8) is 0 Å². The zero-order valence-electron chi connectivity index (χ0n) is 16.5. The van der Waals surface area contributed by atoms with Crippen molar-refractivity contribution in [2.45, 2.75) is 13.0 Å². The van der Waals surface area contributed by atoms with Gasteiger partial charge in [0.05, 0.1) is 0 Å². The highest BCUT2D eigenvalue weighted by Crippen LogP contribution is 2.24. The first-order valence-electron chi connectivity index (χ1n) is 9.88. The van der Waals surface area contributed by atoms with Crippen molar-refractivity contribution < 1.29 is 4.79 Å². The fourth-order valence-corrected chi connectivity index (χ4v) is 3.63. The second kappa shape index (κ2) is 8.80. The van der Waals surface area contributed by atoms with Gasteiger partial charge in [-0.25, -0.2) is 4.98 Å². The van der Waals surface area contributed by atoms with Crippen LogP contribution in [0, 0.1) is 0 Å². The van der Waals surface area contributed by atoms with Crippen molar-refractivity contribution >= 4 is 17.7 Å². The van der Waals surface area contributed by atoms with Gasteiger partial charge in [-0.05, 0) is 36.8 Å². The standard InChI is InChI=1S/C24H24N4O/c1-2-7-19-11-12-22(27-23(19)24(29)20-10-6-13-25-16-20)28-15-14-26-21(17-28)18-8-4-3-5-9-18/h2-13,16,21,26H,14-15,17H2,1H3. The minimum absolute atomic E-state index is 0.109. The zero-order chi connectivity index (χ0) is 20.1. The summed E-state index contributed by atoms with van der Waals surface area (Å²) >= 11 is 0. The summed E-state index contributed by atoms with van der Waals surface area (Å²) in [4.78, 5) is 24.2. The molecule has 4 rings (SSSR count). The Morgan fingerprint density at radius 1 is 1.14 bits per heavy atom. The molecule has 29 heavy (non-hydrogen) atoms. The van der Waals surface area contributed by atoms with Crippen LogP contribution in [0.3, 0.4) is 0 Å². The second-order valence-corrected chi connectivity index (χ2v) is 7.04. The molecule has 1 aromatic carbocycles. The Balaban J connectivity index is 1.65. The largest absolute Gasteiger partial charge is 0.353 e. The molecule has 1 unspecified atom stereocenters. The number of nitrogens with zero attached hydrogens (tertiary/aromatic N) is 3. The van der Waals surface area contributed by atoms with Crippen LogP contribution in [-0.4, -0.2) is 35.4 Å². The van der Waals surface area contributed by atoms with Gasteiger partial charge in [-0.3, -0.25) is 9.78 Å². The van der Waals surface area contributed by atoms with Crippen molar-refractivity contribution in [3.05, 3.63) is 95.5 Å².